The van der Waals surface area contributed by atoms with E-state index in [2.05, 4.69) is 21.2 Å². The second kappa shape index (κ2) is 7.70. The molecule has 5 nitrogen and oxygen atoms in total. The van der Waals surface area contributed by atoms with Crippen molar-refractivity contribution < 1.29 is 20.1 Å². The zero-order valence-electron chi connectivity index (χ0n) is 9.97. The van der Waals surface area contributed by atoms with E-state index in [1.807, 2.05) is 24.3 Å². The molecular weight excluding hydrogens is 302 g/mol. The first-order valence-corrected chi connectivity index (χ1v) is 6.41. The Morgan fingerprint density at radius 3 is 2.11 bits per heavy atom. The largest absolute Gasteiger partial charge is 0.492 e. The molecule has 0 saturated heterocycles. The van der Waals surface area contributed by atoms with E-state index in [1.54, 1.807) is 0 Å². The molecular formula is C12H18BrNO4. The lowest BCUT2D eigenvalue weighted by atomic mass is 10.0. The van der Waals surface area contributed by atoms with Gasteiger partial charge in [0.2, 0.25) is 0 Å². The molecule has 0 atom stereocenters. The second-order valence-electron chi connectivity index (χ2n) is 3.98. The molecule has 1 rings (SSSR count). The lowest BCUT2D eigenvalue weighted by Gasteiger charge is -2.28. The van der Waals surface area contributed by atoms with Crippen LogP contribution in [0.1, 0.15) is 0 Å². The fraction of sp³-hybridized carbons (Fsp3) is 0.500. The molecule has 0 radical (unpaired) electrons. The van der Waals surface area contributed by atoms with Crippen LogP contribution in [-0.2, 0) is 0 Å². The van der Waals surface area contributed by atoms with Crippen LogP contribution in [0.5, 0.6) is 5.75 Å². The number of benzene rings is 1. The molecule has 0 fully saturated rings. The first-order valence-electron chi connectivity index (χ1n) is 5.62. The summed E-state index contributed by atoms with van der Waals surface area (Å²) in [5, 5.41) is 30.2. The van der Waals surface area contributed by atoms with Crippen molar-refractivity contribution in [2.75, 3.05) is 33.0 Å². The van der Waals surface area contributed by atoms with Crippen molar-refractivity contribution >= 4 is 15.9 Å². The number of ether oxygens (including phenoxy) is 1. The van der Waals surface area contributed by atoms with Crippen LogP contribution in [0.3, 0.4) is 0 Å². The van der Waals surface area contributed by atoms with Gasteiger partial charge in [0.25, 0.3) is 0 Å². The molecule has 0 amide bonds. The number of aliphatic hydroxyl groups is 3. The van der Waals surface area contributed by atoms with Gasteiger partial charge in [0, 0.05) is 11.0 Å². The van der Waals surface area contributed by atoms with Crippen LogP contribution in [0, 0.1) is 0 Å². The van der Waals surface area contributed by atoms with Crippen molar-refractivity contribution in [2.24, 2.45) is 0 Å². The summed E-state index contributed by atoms with van der Waals surface area (Å²) in [5.41, 5.74) is -1.05. The average molecular weight is 320 g/mol. The smallest absolute Gasteiger partial charge is 0.119 e. The molecule has 0 saturated carbocycles. The summed E-state index contributed by atoms with van der Waals surface area (Å²) < 4.78 is 6.44. The molecule has 0 aliphatic carbocycles. The maximum atomic E-state index is 9.09. The van der Waals surface area contributed by atoms with Crippen molar-refractivity contribution in [3.05, 3.63) is 28.7 Å². The van der Waals surface area contributed by atoms with Crippen LogP contribution in [0.15, 0.2) is 28.7 Å². The van der Waals surface area contributed by atoms with Crippen molar-refractivity contribution in [1.29, 1.82) is 0 Å². The molecule has 1 aromatic rings. The zero-order valence-corrected chi connectivity index (χ0v) is 11.6. The third-order valence-corrected chi connectivity index (χ3v) is 3.12. The fourth-order valence-corrected chi connectivity index (χ4v) is 1.60. The molecule has 0 heterocycles. The summed E-state index contributed by atoms with van der Waals surface area (Å²) >= 11 is 3.33. The van der Waals surface area contributed by atoms with Crippen LogP contribution in [0.2, 0.25) is 0 Å². The SMILES string of the molecule is OCC(CO)(CO)NCCOc1ccc(Br)cc1. The number of aliphatic hydroxyl groups excluding tert-OH is 3. The predicted octanol–water partition coefficient (Wildman–Crippen LogP) is 0.133. The summed E-state index contributed by atoms with van der Waals surface area (Å²) in [6, 6.07) is 7.42. The Hall–Kier alpha value is -0.660. The number of halogens is 1. The van der Waals surface area contributed by atoms with Gasteiger partial charge in [-0.2, -0.15) is 0 Å². The van der Waals surface area contributed by atoms with E-state index in [-0.39, 0.29) is 19.8 Å². The molecule has 0 spiro atoms. The first kappa shape index (κ1) is 15.4. The Morgan fingerprint density at radius 2 is 1.61 bits per heavy atom. The number of rotatable bonds is 8. The zero-order chi connectivity index (χ0) is 13.4. The Bertz CT molecular complexity index is 332. The third-order valence-electron chi connectivity index (χ3n) is 2.59. The Morgan fingerprint density at radius 1 is 1.06 bits per heavy atom. The Labute approximate surface area is 115 Å². The van der Waals surface area contributed by atoms with Gasteiger partial charge in [-0.3, -0.25) is 0 Å². The minimum absolute atomic E-state index is 0.335. The standard InChI is InChI=1S/C12H18BrNO4/c13-10-1-3-11(4-2-10)18-6-5-14-12(7-15,8-16)9-17/h1-4,14-17H,5-9H2. The third kappa shape index (κ3) is 4.55. The molecule has 0 bridgehead atoms. The molecule has 0 aliphatic heterocycles. The van der Waals surface area contributed by atoms with Gasteiger partial charge in [-0.15, -0.1) is 0 Å². The van der Waals surface area contributed by atoms with Crippen LogP contribution in [-0.4, -0.2) is 53.8 Å². The van der Waals surface area contributed by atoms with Crippen LogP contribution in [0.25, 0.3) is 0 Å². The minimum atomic E-state index is -1.05. The van der Waals surface area contributed by atoms with E-state index in [9.17, 15) is 0 Å². The summed E-state index contributed by atoms with van der Waals surface area (Å²) in [6.45, 7) is -0.212. The van der Waals surface area contributed by atoms with Crippen molar-refractivity contribution in [3.63, 3.8) is 0 Å². The second-order valence-corrected chi connectivity index (χ2v) is 4.90. The van der Waals surface area contributed by atoms with E-state index in [4.69, 9.17) is 20.1 Å². The van der Waals surface area contributed by atoms with Gasteiger partial charge in [-0.25, -0.2) is 0 Å². The van der Waals surface area contributed by atoms with Gasteiger partial charge >= 0.3 is 0 Å². The maximum Gasteiger partial charge on any atom is 0.119 e. The van der Waals surface area contributed by atoms with Gasteiger partial charge < -0.3 is 25.4 Å². The predicted molar refractivity (Wildman–Crippen MR) is 71.6 cm³/mol. The highest BCUT2D eigenvalue weighted by molar-refractivity contribution is 9.10. The molecule has 0 aliphatic rings. The molecule has 6 heteroatoms. The number of nitrogens with one attached hydrogen (secondary N) is 1. The van der Waals surface area contributed by atoms with Gasteiger partial charge in [0.15, 0.2) is 0 Å². The van der Waals surface area contributed by atoms with Gasteiger partial charge in [-0.05, 0) is 24.3 Å². The quantitative estimate of drug-likeness (QED) is 0.512. The molecule has 102 valence electrons. The van der Waals surface area contributed by atoms with E-state index >= 15 is 0 Å². The van der Waals surface area contributed by atoms with Crippen LogP contribution in [0.4, 0.5) is 0 Å². The molecule has 0 unspecified atom stereocenters. The van der Waals surface area contributed by atoms with Crippen molar-refractivity contribution in [1.82, 2.24) is 5.32 Å². The van der Waals surface area contributed by atoms with E-state index in [0.717, 1.165) is 10.2 Å². The Balaban J connectivity index is 2.31. The molecule has 0 aromatic heterocycles. The topological polar surface area (TPSA) is 82.0 Å². The lowest BCUT2D eigenvalue weighted by molar-refractivity contribution is 0.0405. The molecule has 1 aromatic carbocycles. The normalized spacial score (nSPS) is 11.6. The number of hydrogen-bond acceptors (Lipinski definition) is 5. The highest BCUT2D eigenvalue weighted by Gasteiger charge is 2.26. The monoisotopic (exact) mass is 319 g/mol. The summed E-state index contributed by atoms with van der Waals surface area (Å²) in [4.78, 5) is 0. The van der Waals surface area contributed by atoms with E-state index in [1.165, 1.54) is 0 Å². The van der Waals surface area contributed by atoms with Crippen molar-refractivity contribution in [3.8, 4) is 5.75 Å². The number of hydrogen-bond donors (Lipinski definition) is 4. The van der Waals surface area contributed by atoms with Crippen LogP contribution < -0.4 is 10.1 Å². The first-order chi connectivity index (χ1) is 8.65. The Kier molecular flexibility index (Phi) is 6.59. The average Bonchev–Trinajstić information content (AvgIpc) is 2.42. The summed E-state index contributed by atoms with van der Waals surface area (Å²) in [7, 11) is 0. The summed E-state index contributed by atoms with van der Waals surface area (Å²) in [6.07, 6.45) is 0. The van der Waals surface area contributed by atoms with Crippen LogP contribution >= 0.6 is 15.9 Å². The highest BCUT2D eigenvalue weighted by atomic mass is 79.9. The minimum Gasteiger partial charge on any atom is -0.492 e. The van der Waals surface area contributed by atoms with Gasteiger partial charge in [-0.1, -0.05) is 15.9 Å². The molecule has 18 heavy (non-hydrogen) atoms. The van der Waals surface area contributed by atoms with Crippen molar-refractivity contribution in [2.45, 2.75) is 5.54 Å². The maximum absolute atomic E-state index is 9.09. The summed E-state index contributed by atoms with van der Waals surface area (Å²) in [5.74, 6) is 0.739. The lowest BCUT2D eigenvalue weighted by Crippen LogP contribution is -2.55. The van der Waals surface area contributed by atoms with E-state index in [0.29, 0.717) is 13.2 Å². The van der Waals surface area contributed by atoms with E-state index < -0.39 is 5.54 Å². The van der Waals surface area contributed by atoms with Gasteiger partial charge in [0.05, 0.1) is 25.4 Å². The fourth-order valence-electron chi connectivity index (χ4n) is 1.33. The molecule has 4 N–H and O–H groups in total. The highest BCUT2D eigenvalue weighted by Crippen LogP contribution is 2.15. The van der Waals surface area contributed by atoms with Gasteiger partial charge in [0.1, 0.15) is 12.4 Å².